The van der Waals surface area contributed by atoms with Gasteiger partial charge in [0.2, 0.25) is 0 Å². The van der Waals surface area contributed by atoms with Crippen molar-refractivity contribution in [1.82, 2.24) is 9.88 Å². The van der Waals surface area contributed by atoms with Gasteiger partial charge in [0.1, 0.15) is 5.69 Å². The number of nitrogens with zero attached hydrogens (tertiary/aromatic N) is 1. The third-order valence-electron chi connectivity index (χ3n) is 3.49. The van der Waals surface area contributed by atoms with Crippen LogP contribution in [0.4, 0.5) is 0 Å². The number of aryl methyl sites for hydroxylation is 1. The summed E-state index contributed by atoms with van der Waals surface area (Å²) in [7, 11) is 1.34. The fourth-order valence-electron chi connectivity index (χ4n) is 2.28. The van der Waals surface area contributed by atoms with Crippen LogP contribution in [0.3, 0.4) is 0 Å². The molecule has 1 amide bonds. The maximum atomic E-state index is 12.5. The molecule has 0 atom stereocenters. The third kappa shape index (κ3) is 3.21. The second-order valence-corrected chi connectivity index (χ2v) is 4.85. The zero-order valence-corrected chi connectivity index (χ0v) is 13.0. The molecule has 5 heteroatoms. The molecule has 5 nitrogen and oxygen atoms in total. The molecule has 0 unspecified atom stereocenters. The van der Waals surface area contributed by atoms with Gasteiger partial charge in [0.25, 0.3) is 5.91 Å². The number of nitrogens with one attached hydrogen (secondary N) is 1. The van der Waals surface area contributed by atoms with E-state index in [0.717, 1.165) is 19.4 Å². The molecule has 0 fully saturated rings. The molecule has 0 aliphatic heterocycles. The Bertz CT molecular complexity index is 492. The normalized spacial score (nSPS) is 10.4. The SMILES string of the molecule is CCCCN(CC)C(=O)c1[nH]c(C)c(C(=O)OC)c1C. The van der Waals surface area contributed by atoms with E-state index >= 15 is 0 Å². The zero-order valence-electron chi connectivity index (χ0n) is 13.0. The lowest BCUT2D eigenvalue weighted by Crippen LogP contribution is -2.32. The number of carbonyl (C=O) groups excluding carboxylic acids is 2. The topological polar surface area (TPSA) is 62.4 Å². The van der Waals surface area contributed by atoms with E-state index in [-0.39, 0.29) is 5.91 Å². The van der Waals surface area contributed by atoms with Crippen LogP contribution in [0, 0.1) is 13.8 Å². The number of amides is 1. The minimum Gasteiger partial charge on any atom is -0.465 e. The molecular formula is C15H24N2O3. The number of rotatable bonds is 6. The number of ether oxygens (including phenoxy) is 1. The lowest BCUT2D eigenvalue weighted by atomic mass is 10.1. The number of aromatic amines is 1. The number of hydrogen-bond donors (Lipinski definition) is 1. The standard InChI is InChI=1S/C15H24N2O3/c1-6-8-9-17(7-2)14(18)13-10(3)12(11(4)16-13)15(19)20-5/h16H,6-9H2,1-5H3. The molecule has 0 bridgehead atoms. The average Bonchev–Trinajstić information content (AvgIpc) is 2.73. The highest BCUT2D eigenvalue weighted by Crippen LogP contribution is 2.20. The summed E-state index contributed by atoms with van der Waals surface area (Å²) in [6.07, 6.45) is 2.02. The van der Waals surface area contributed by atoms with Crippen LogP contribution in [0.5, 0.6) is 0 Å². The molecule has 0 saturated heterocycles. The first kappa shape index (κ1) is 16.3. The predicted octanol–water partition coefficient (Wildman–Crippen LogP) is 2.68. The maximum Gasteiger partial charge on any atom is 0.339 e. The van der Waals surface area contributed by atoms with Crippen LogP contribution >= 0.6 is 0 Å². The Hall–Kier alpha value is -1.78. The van der Waals surface area contributed by atoms with E-state index in [0.29, 0.717) is 29.1 Å². The Morgan fingerprint density at radius 2 is 1.90 bits per heavy atom. The number of methoxy groups -OCH3 is 1. The second kappa shape index (κ2) is 7.12. The van der Waals surface area contributed by atoms with Gasteiger partial charge >= 0.3 is 5.97 Å². The number of carbonyl (C=O) groups is 2. The molecule has 0 aromatic carbocycles. The largest absolute Gasteiger partial charge is 0.465 e. The Balaban J connectivity index is 3.07. The maximum absolute atomic E-state index is 12.5. The molecule has 0 radical (unpaired) electrons. The van der Waals surface area contributed by atoms with Gasteiger partial charge in [0, 0.05) is 18.8 Å². The fraction of sp³-hybridized carbons (Fsp3) is 0.600. The van der Waals surface area contributed by atoms with Gasteiger partial charge in [-0.15, -0.1) is 0 Å². The van der Waals surface area contributed by atoms with Crippen molar-refractivity contribution in [3.63, 3.8) is 0 Å². The predicted molar refractivity (Wildman–Crippen MR) is 78.1 cm³/mol. The van der Waals surface area contributed by atoms with Crippen LogP contribution in [0.2, 0.25) is 0 Å². The average molecular weight is 280 g/mol. The van der Waals surface area contributed by atoms with Gasteiger partial charge in [0.05, 0.1) is 12.7 Å². The van der Waals surface area contributed by atoms with E-state index in [1.165, 1.54) is 7.11 Å². The molecular weight excluding hydrogens is 256 g/mol. The van der Waals surface area contributed by atoms with E-state index in [4.69, 9.17) is 4.74 Å². The molecule has 0 spiro atoms. The molecule has 1 aromatic heterocycles. The molecule has 0 saturated carbocycles. The van der Waals surface area contributed by atoms with Crippen LogP contribution < -0.4 is 0 Å². The number of H-pyrrole nitrogens is 1. The quantitative estimate of drug-likeness (QED) is 0.815. The van der Waals surface area contributed by atoms with E-state index in [1.54, 1.807) is 18.7 Å². The van der Waals surface area contributed by atoms with Gasteiger partial charge in [-0.05, 0) is 32.8 Å². The second-order valence-electron chi connectivity index (χ2n) is 4.85. The summed E-state index contributed by atoms with van der Waals surface area (Å²) < 4.78 is 4.76. The van der Waals surface area contributed by atoms with Gasteiger partial charge in [-0.25, -0.2) is 4.79 Å². The Morgan fingerprint density at radius 3 is 2.40 bits per heavy atom. The summed E-state index contributed by atoms with van der Waals surface area (Å²) in [4.78, 5) is 29.1. The van der Waals surface area contributed by atoms with Crippen molar-refractivity contribution in [2.24, 2.45) is 0 Å². The first-order chi connectivity index (χ1) is 9.47. The van der Waals surface area contributed by atoms with Crippen LogP contribution in [0.15, 0.2) is 0 Å². The highest BCUT2D eigenvalue weighted by atomic mass is 16.5. The summed E-state index contributed by atoms with van der Waals surface area (Å²) in [5.74, 6) is -0.469. The summed E-state index contributed by atoms with van der Waals surface area (Å²) >= 11 is 0. The third-order valence-corrected chi connectivity index (χ3v) is 3.49. The van der Waals surface area contributed by atoms with E-state index in [9.17, 15) is 9.59 Å². The van der Waals surface area contributed by atoms with Gasteiger partial charge in [-0.1, -0.05) is 13.3 Å². The van der Waals surface area contributed by atoms with Crippen LogP contribution in [-0.4, -0.2) is 42.0 Å². The molecule has 1 aromatic rings. The van der Waals surface area contributed by atoms with Gasteiger partial charge in [0.15, 0.2) is 0 Å². The number of aromatic nitrogens is 1. The van der Waals surface area contributed by atoms with E-state index in [1.807, 2.05) is 6.92 Å². The number of hydrogen-bond acceptors (Lipinski definition) is 3. The highest BCUT2D eigenvalue weighted by molar-refractivity contribution is 6.00. The van der Waals surface area contributed by atoms with Crippen molar-refractivity contribution in [1.29, 1.82) is 0 Å². The summed E-state index contributed by atoms with van der Waals surface area (Å²) in [5.41, 5.74) is 2.28. The molecule has 20 heavy (non-hydrogen) atoms. The van der Waals surface area contributed by atoms with Crippen molar-refractivity contribution < 1.29 is 14.3 Å². The highest BCUT2D eigenvalue weighted by Gasteiger charge is 2.24. The lowest BCUT2D eigenvalue weighted by molar-refractivity contribution is 0.0599. The molecule has 0 aliphatic carbocycles. The molecule has 112 valence electrons. The van der Waals surface area contributed by atoms with Crippen molar-refractivity contribution in [3.8, 4) is 0 Å². The minimum absolute atomic E-state index is 0.0586. The molecule has 1 heterocycles. The number of esters is 1. The van der Waals surface area contributed by atoms with Crippen LogP contribution in [-0.2, 0) is 4.74 Å². The van der Waals surface area contributed by atoms with Crippen LogP contribution in [0.25, 0.3) is 0 Å². The van der Waals surface area contributed by atoms with Crippen molar-refractivity contribution >= 4 is 11.9 Å². The van der Waals surface area contributed by atoms with Gasteiger partial charge in [-0.3, -0.25) is 4.79 Å². The minimum atomic E-state index is -0.410. The summed E-state index contributed by atoms with van der Waals surface area (Å²) in [6.45, 7) is 8.99. The number of unbranched alkanes of at least 4 members (excludes halogenated alkanes) is 1. The van der Waals surface area contributed by atoms with E-state index < -0.39 is 5.97 Å². The Kier molecular flexibility index (Phi) is 5.80. The van der Waals surface area contributed by atoms with Crippen LogP contribution in [0.1, 0.15) is 58.8 Å². The molecule has 0 aliphatic rings. The van der Waals surface area contributed by atoms with Gasteiger partial charge in [-0.2, -0.15) is 0 Å². The Labute approximate surface area is 120 Å². The van der Waals surface area contributed by atoms with Crippen molar-refractivity contribution in [2.75, 3.05) is 20.2 Å². The monoisotopic (exact) mass is 280 g/mol. The Morgan fingerprint density at radius 1 is 1.25 bits per heavy atom. The zero-order chi connectivity index (χ0) is 15.3. The molecule has 1 rings (SSSR count). The van der Waals surface area contributed by atoms with Crippen molar-refractivity contribution in [2.45, 2.75) is 40.5 Å². The fourth-order valence-corrected chi connectivity index (χ4v) is 2.28. The van der Waals surface area contributed by atoms with Crippen molar-refractivity contribution in [3.05, 3.63) is 22.5 Å². The lowest BCUT2D eigenvalue weighted by Gasteiger charge is -2.20. The molecule has 1 N–H and O–H groups in total. The summed E-state index contributed by atoms with van der Waals surface area (Å²) in [5, 5.41) is 0. The first-order valence-corrected chi connectivity index (χ1v) is 7.04. The summed E-state index contributed by atoms with van der Waals surface area (Å²) in [6, 6.07) is 0. The van der Waals surface area contributed by atoms with E-state index in [2.05, 4.69) is 11.9 Å². The first-order valence-electron chi connectivity index (χ1n) is 7.04. The van der Waals surface area contributed by atoms with Gasteiger partial charge < -0.3 is 14.6 Å². The smallest absolute Gasteiger partial charge is 0.339 e.